The van der Waals surface area contributed by atoms with Gasteiger partial charge < -0.3 is 15.2 Å². The van der Waals surface area contributed by atoms with E-state index in [1.165, 1.54) is 12.1 Å². The molecule has 0 atom stereocenters. The van der Waals surface area contributed by atoms with Crippen molar-refractivity contribution < 1.29 is 19.4 Å². The third kappa shape index (κ3) is 3.84. The number of carboxylic acid groups (broad SMARTS) is 1. The smallest absolute Gasteiger partial charge is 0.337 e. The summed E-state index contributed by atoms with van der Waals surface area (Å²) in [5.74, 6) is -1.15. The molecule has 0 aromatic heterocycles. The number of ether oxygens (including phenoxy) is 1. The van der Waals surface area contributed by atoms with Gasteiger partial charge in [0.2, 0.25) is 0 Å². The maximum atomic E-state index is 11.8. The molecule has 0 heterocycles. The molecule has 6 heteroatoms. The molecule has 0 fully saturated rings. The van der Waals surface area contributed by atoms with Crippen molar-refractivity contribution in [2.24, 2.45) is 0 Å². The Kier molecular flexibility index (Phi) is 4.73. The number of aromatic carboxylic acids is 1. The number of nitriles is 1. The number of nitrogens with zero attached hydrogens (tertiary/aromatic N) is 1. The summed E-state index contributed by atoms with van der Waals surface area (Å²) in [5.41, 5.74) is 0.713. The molecule has 6 nitrogen and oxygen atoms in total. The number of carboxylic acids is 1. The van der Waals surface area contributed by atoms with Crippen LogP contribution in [0.2, 0.25) is 0 Å². The quantitative estimate of drug-likeness (QED) is 0.881. The van der Waals surface area contributed by atoms with Gasteiger partial charge in [-0.15, -0.1) is 0 Å². The van der Waals surface area contributed by atoms with Gasteiger partial charge in [0.15, 0.2) is 6.61 Å². The minimum Gasteiger partial charge on any atom is -0.484 e. The van der Waals surface area contributed by atoms with E-state index in [4.69, 9.17) is 15.1 Å². The SMILES string of the molecule is N#Cc1ccc(OCC(=O)Nc2ccccc2C(=O)O)cc1. The lowest BCUT2D eigenvalue weighted by molar-refractivity contribution is -0.118. The van der Waals surface area contributed by atoms with Crippen molar-refractivity contribution in [3.05, 3.63) is 59.7 Å². The van der Waals surface area contributed by atoms with Crippen molar-refractivity contribution in [1.29, 1.82) is 5.26 Å². The highest BCUT2D eigenvalue weighted by Crippen LogP contribution is 2.15. The predicted octanol–water partition coefficient (Wildman–Crippen LogP) is 2.27. The topological polar surface area (TPSA) is 99.4 Å². The number of carbonyl (C=O) groups is 2. The van der Waals surface area contributed by atoms with Crippen LogP contribution in [0.4, 0.5) is 5.69 Å². The Balaban J connectivity index is 1.96. The number of amides is 1. The number of para-hydroxylation sites is 1. The molecule has 0 saturated heterocycles. The zero-order chi connectivity index (χ0) is 15.9. The van der Waals surface area contributed by atoms with Crippen LogP contribution >= 0.6 is 0 Å². The van der Waals surface area contributed by atoms with Crippen LogP contribution in [0.3, 0.4) is 0 Å². The highest BCUT2D eigenvalue weighted by molar-refractivity contribution is 6.00. The van der Waals surface area contributed by atoms with Gasteiger partial charge in [0, 0.05) is 0 Å². The molecule has 2 N–H and O–H groups in total. The van der Waals surface area contributed by atoms with E-state index >= 15 is 0 Å². The summed E-state index contributed by atoms with van der Waals surface area (Å²) in [7, 11) is 0. The van der Waals surface area contributed by atoms with Crippen LogP contribution in [0.1, 0.15) is 15.9 Å². The third-order valence-corrected chi connectivity index (χ3v) is 2.78. The average Bonchev–Trinajstić information content (AvgIpc) is 2.53. The first kappa shape index (κ1) is 15.1. The van der Waals surface area contributed by atoms with Crippen molar-refractivity contribution in [3.63, 3.8) is 0 Å². The van der Waals surface area contributed by atoms with Crippen LogP contribution in [-0.2, 0) is 4.79 Å². The second kappa shape index (κ2) is 6.90. The molecule has 2 rings (SSSR count). The summed E-state index contributed by atoms with van der Waals surface area (Å²) in [6.45, 7) is -0.264. The Hall–Kier alpha value is -3.33. The summed E-state index contributed by atoms with van der Waals surface area (Å²) in [4.78, 5) is 22.8. The van der Waals surface area contributed by atoms with Crippen LogP contribution in [0.25, 0.3) is 0 Å². The van der Waals surface area contributed by atoms with Gasteiger partial charge in [0.25, 0.3) is 5.91 Å². The summed E-state index contributed by atoms with van der Waals surface area (Å²) >= 11 is 0. The molecule has 2 aromatic carbocycles. The number of hydrogen-bond acceptors (Lipinski definition) is 4. The minimum atomic E-state index is -1.12. The maximum Gasteiger partial charge on any atom is 0.337 e. The summed E-state index contributed by atoms with van der Waals surface area (Å²) < 4.78 is 5.27. The van der Waals surface area contributed by atoms with Crippen molar-refractivity contribution in [2.45, 2.75) is 0 Å². The predicted molar refractivity (Wildman–Crippen MR) is 78.7 cm³/mol. The standard InChI is InChI=1S/C16H12N2O4/c17-9-11-5-7-12(8-6-11)22-10-15(19)18-14-4-2-1-3-13(14)16(20)21/h1-8H,10H2,(H,18,19)(H,20,21). The van der Waals surface area contributed by atoms with Gasteiger partial charge in [-0.25, -0.2) is 4.79 Å². The maximum absolute atomic E-state index is 11.8. The lowest BCUT2D eigenvalue weighted by Gasteiger charge is -2.09. The van der Waals surface area contributed by atoms with E-state index in [9.17, 15) is 9.59 Å². The molecule has 0 bridgehead atoms. The van der Waals surface area contributed by atoms with E-state index in [1.807, 2.05) is 6.07 Å². The van der Waals surface area contributed by atoms with Crippen molar-refractivity contribution in [2.75, 3.05) is 11.9 Å². The second-order valence-electron chi connectivity index (χ2n) is 4.32. The molecule has 0 aliphatic carbocycles. The first-order chi connectivity index (χ1) is 10.6. The molecule has 1 amide bonds. The van der Waals surface area contributed by atoms with Gasteiger partial charge in [0.1, 0.15) is 5.75 Å². The van der Waals surface area contributed by atoms with Gasteiger partial charge in [-0.3, -0.25) is 4.79 Å². The lowest BCUT2D eigenvalue weighted by Crippen LogP contribution is -2.21. The number of hydrogen-bond donors (Lipinski definition) is 2. The highest BCUT2D eigenvalue weighted by Gasteiger charge is 2.11. The highest BCUT2D eigenvalue weighted by atomic mass is 16.5. The van der Waals surface area contributed by atoms with Crippen molar-refractivity contribution in [3.8, 4) is 11.8 Å². The Morgan fingerprint density at radius 3 is 2.45 bits per heavy atom. The van der Waals surface area contributed by atoms with Gasteiger partial charge in [-0.05, 0) is 36.4 Å². The molecule has 0 radical (unpaired) electrons. The first-order valence-electron chi connectivity index (χ1n) is 6.35. The summed E-state index contributed by atoms with van der Waals surface area (Å²) in [6, 6.07) is 14.4. The van der Waals surface area contributed by atoms with Crippen LogP contribution in [0, 0.1) is 11.3 Å². The zero-order valence-electron chi connectivity index (χ0n) is 11.4. The van der Waals surface area contributed by atoms with E-state index in [2.05, 4.69) is 5.32 Å². The lowest BCUT2D eigenvalue weighted by atomic mass is 10.2. The fourth-order valence-electron chi connectivity index (χ4n) is 1.74. The van der Waals surface area contributed by atoms with Crippen LogP contribution < -0.4 is 10.1 Å². The molecule has 2 aromatic rings. The number of anilines is 1. The van der Waals surface area contributed by atoms with E-state index in [0.29, 0.717) is 11.3 Å². The fraction of sp³-hybridized carbons (Fsp3) is 0.0625. The van der Waals surface area contributed by atoms with Gasteiger partial charge in [-0.2, -0.15) is 5.26 Å². The van der Waals surface area contributed by atoms with E-state index in [0.717, 1.165) is 0 Å². The number of carbonyl (C=O) groups excluding carboxylic acids is 1. The molecule has 22 heavy (non-hydrogen) atoms. The number of nitrogens with one attached hydrogen (secondary N) is 1. The molecule has 0 spiro atoms. The minimum absolute atomic E-state index is 0.00854. The number of benzene rings is 2. The Bertz CT molecular complexity index is 733. The normalized spacial score (nSPS) is 9.59. The molecule has 0 saturated carbocycles. The molecular formula is C16H12N2O4. The third-order valence-electron chi connectivity index (χ3n) is 2.78. The van der Waals surface area contributed by atoms with Gasteiger partial charge >= 0.3 is 5.97 Å². The second-order valence-corrected chi connectivity index (χ2v) is 4.32. The van der Waals surface area contributed by atoms with E-state index in [-0.39, 0.29) is 17.9 Å². The number of rotatable bonds is 5. The molecule has 0 unspecified atom stereocenters. The first-order valence-corrected chi connectivity index (χ1v) is 6.35. The van der Waals surface area contributed by atoms with Crippen molar-refractivity contribution in [1.82, 2.24) is 0 Å². The van der Waals surface area contributed by atoms with E-state index in [1.54, 1.807) is 36.4 Å². The van der Waals surface area contributed by atoms with Crippen LogP contribution in [0.5, 0.6) is 5.75 Å². The molecule has 0 aliphatic rings. The summed E-state index contributed by atoms with van der Waals surface area (Å²) in [5, 5.41) is 20.2. The van der Waals surface area contributed by atoms with Gasteiger partial charge in [0.05, 0.1) is 22.9 Å². The molecule has 0 aliphatic heterocycles. The molecular weight excluding hydrogens is 284 g/mol. The van der Waals surface area contributed by atoms with Crippen LogP contribution in [-0.4, -0.2) is 23.6 Å². The summed E-state index contributed by atoms with van der Waals surface area (Å²) in [6.07, 6.45) is 0. The Labute approximate surface area is 126 Å². The fourth-order valence-corrected chi connectivity index (χ4v) is 1.74. The van der Waals surface area contributed by atoms with Gasteiger partial charge in [-0.1, -0.05) is 12.1 Å². The monoisotopic (exact) mass is 296 g/mol. The Morgan fingerprint density at radius 2 is 1.82 bits per heavy atom. The average molecular weight is 296 g/mol. The van der Waals surface area contributed by atoms with Crippen molar-refractivity contribution >= 4 is 17.6 Å². The molecule has 110 valence electrons. The Morgan fingerprint density at radius 1 is 1.14 bits per heavy atom. The van der Waals surface area contributed by atoms with E-state index < -0.39 is 11.9 Å². The van der Waals surface area contributed by atoms with Crippen LogP contribution in [0.15, 0.2) is 48.5 Å². The largest absolute Gasteiger partial charge is 0.484 e. The zero-order valence-corrected chi connectivity index (χ0v) is 11.4.